The number of rotatable bonds is 8. The number of phenolic OH excluding ortho intramolecular Hbond substituents is 1. The number of nitrogens with one attached hydrogen (secondary N) is 1. The van der Waals surface area contributed by atoms with Gasteiger partial charge in [-0.2, -0.15) is 16.5 Å². The van der Waals surface area contributed by atoms with Crippen molar-refractivity contribution in [3.8, 4) is 5.75 Å². The Morgan fingerprint density at radius 2 is 1.93 bits per heavy atom. The first-order chi connectivity index (χ1) is 12.7. The van der Waals surface area contributed by atoms with Crippen LogP contribution in [0.4, 0.5) is 0 Å². The van der Waals surface area contributed by atoms with Gasteiger partial charge in [0.1, 0.15) is 10.9 Å². The summed E-state index contributed by atoms with van der Waals surface area (Å²) in [6.07, 6.45) is 0. The quantitative estimate of drug-likeness (QED) is 0.599. The van der Waals surface area contributed by atoms with E-state index in [2.05, 4.69) is 9.46 Å². The van der Waals surface area contributed by atoms with E-state index in [-0.39, 0.29) is 15.8 Å². The highest BCUT2D eigenvalue weighted by atomic mass is 35.5. The highest BCUT2D eigenvalue weighted by Gasteiger charge is 2.29. The Morgan fingerprint density at radius 1 is 1.26 bits per heavy atom. The predicted octanol–water partition coefficient (Wildman–Crippen LogP) is 3.45. The smallest absolute Gasteiger partial charge is 0.324 e. The van der Waals surface area contributed by atoms with Crippen LogP contribution in [-0.2, 0) is 25.3 Å². The molecule has 1 atom stereocenters. The summed E-state index contributed by atoms with van der Waals surface area (Å²) in [6, 6.07) is 10.6. The summed E-state index contributed by atoms with van der Waals surface area (Å²) >= 11 is 13.0. The second-order valence-corrected chi connectivity index (χ2v) is 8.99. The van der Waals surface area contributed by atoms with Crippen LogP contribution in [0.3, 0.4) is 0 Å². The van der Waals surface area contributed by atoms with E-state index in [9.17, 15) is 18.3 Å². The average Bonchev–Trinajstić information content (AvgIpc) is 2.63. The Bertz CT molecular complexity index is 907. The standard InChI is InChI=1S/C17H17Cl2NO5S2/c1-25-17(22)14(10-26-9-11-5-3-2-4-6-11)20-27(23,24)15-8-12(18)7-13(19)16(15)21/h2-8,14,20-21H,9-10H2,1H3. The van der Waals surface area contributed by atoms with Crippen LogP contribution in [0, 0.1) is 0 Å². The minimum atomic E-state index is -4.27. The fourth-order valence-electron chi connectivity index (χ4n) is 2.16. The molecule has 1 unspecified atom stereocenters. The molecular weight excluding hydrogens is 433 g/mol. The zero-order valence-corrected chi connectivity index (χ0v) is 17.3. The van der Waals surface area contributed by atoms with Gasteiger partial charge >= 0.3 is 5.97 Å². The van der Waals surface area contributed by atoms with E-state index in [4.69, 9.17) is 23.2 Å². The van der Waals surface area contributed by atoms with Gasteiger partial charge in [0.2, 0.25) is 10.0 Å². The Labute approximate surface area is 171 Å². The number of hydrogen-bond donors (Lipinski definition) is 2. The molecule has 0 aliphatic heterocycles. The van der Waals surface area contributed by atoms with Gasteiger partial charge in [-0.25, -0.2) is 8.42 Å². The van der Waals surface area contributed by atoms with Gasteiger partial charge in [0, 0.05) is 16.5 Å². The number of carbonyl (C=O) groups is 1. The van der Waals surface area contributed by atoms with Crippen molar-refractivity contribution >= 4 is 51.0 Å². The van der Waals surface area contributed by atoms with Gasteiger partial charge in [0.15, 0.2) is 5.75 Å². The van der Waals surface area contributed by atoms with E-state index < -0.39 is 32.7 Å². The molecule has 0 saturated carbocycles. The summed E-state index contributed by atoms with van der Waals surface area (Å²) in [5, 5.41) is 9.78. The van der Waals surface area contributed by atoms with E-state index >= 15 is 0 Å². The van der Waals surface area contributed by atoms with E-state index in [1.165, 1.54) is 24.9 Å². The third kappa shape index (κ3) is 6.02. The first-order valence-corrected chi connectivity index (χ1v) is 11.0. The maximum atomic E-state index is 12.6. The summed E-state index contributed by atoms with van der Waals surface area (Å²) < 4.78 is 32.2. The van der Waals surface area contributed by atoms with Crippen LogP contribution in [0.1, 0.15) is 5.56 Å². The highest BCUT2D eigenvalue weighted by Crippen LogP contribution is 2.34. The molecule has 0 fully saturated rings. The van der Waals surface area contributed by atoms with Gasteiger partial charge in [0.05, 0.1) is 12.1 Å². The largest absolute Gasteiger partial charge is 0.505 e. The number of sulfonamides is 1. The molecule has 0 aliphatic rings. The molecule has 0 spiro atoms. The zero-order chi connectivity index (χ0) is 20.0. The topological polar surface area (TPSA) is 92.7 Å². The van der Waals surface area contributed by atoms with E-state index in [0.717, 1.165) is 11.6 Å². The van der Waals surface area contributed by atoms with Crippen molar-refractivity contribution in [2.45, 2.75) is 16.7 Å². The van der Waals surface area contributed by atoms with Gasteiger partial charge < -0.3 is 9.84 Å². The van der Waals surface area contributed by atoms with Crippen molar-refractivity contribution in [1.29, 1.82) is 0 Å². The van der Waals surface area contributed by atoms with Crippen molar-refractivity contribution in [3.63, 3.8) is 0 Å². The lowest BCUT2D eigenvalue weighted by Crippen LogP contribution is -2.43. The van der Waals surface area contributed by atoms with Gasteiger partial charge in [-0.3, -0.25) is 4.79 Å². The number of halogens is 2. The normalized spacial score (nSPS) is 12.6. The predicted molar refractivity (Wildman–Crippen MR) is 107 cm³/mol. The van der Waals surface area contributed by atoms with Crippen molar-refractivity contribution in [2.24, 2.45) is 0 Å². The Balaban J connectivity index is 2.16. The summed E-state index contributed by atoms with van der Waals surface area (Å²) in [5.74, 6) is -0.666. The number of esters is 1. The number of phenols is 1. The number of benzene rings is 2. The molecule has 0 amide bonds. The lowest BCUT2D eigenvalue weighted by molar-refractivity contribution is -0.141. The molecular formula is C17H17Cl2NO5S2. The van der Waals surface area contributed by atoms with Crippen LogP contribution in [0.25, 0.3) is 0 Å². The van der Waals surface area contributed by atoms with Gasteiger partial charge in [-0.1, -0.05) is 53.5 Å². The Morgan fingerprint density at radius 3 is 2.56 bits per heavy atom. The summed E-state index contributed by atoms with van der Waals surface area (Å²) in [4.78, 5) is 11.5. The fraction of sp³-hybridized carbons (Fsp3) is 0.235. The number of hydrogen-bond acceptors (Lipinski definition) is 6. The number of methoxy groups -OCH3 is 1. The third-order valence-corrected chi connectivity index (χ3v) is 6.56. The molecule has 0 aromatic heterocycles. The molecule has 0 saturated heterocycles. The van der Waals surface area contributed by atoms with Crippen molar-refractivity contribution < 1.29 is 23.1 Å². The highest BCUT2D eigenvalue weighted by molar-refractivity contribution is 7.98. The van der Waals surface area contributed by atoms with E-state index in [1.54, 1.807) is 0 Å². The lowest BCUT2D eigenvalue weighted by Gasteiger charge is -2.17. The Hall–Kier alpha value is -1.45. The average molecular weight is 450 g/mol. The first-order valence-electron chi connectivity index (χ1n) is 7.64. The van der Waals surface area contributed by atoms with E-state index in [1.807, 2.05) is 30.3 Å². The second-order valence-electron chi connectivity index (χ2n) is 5.43. The molecule has 0 aliphatic carbocycles. The van der Waals surface area contributed by atoms with Crippen LogP contribution < -0.4 is 4.72 Å². The second kappa shape index (κ2) is 9.66. The first kappa shape index (κ1) is 21.8. The molecule has 2 aromatic carbocycles. The number of carbonyl (C=O) groups excluding carboxylic acids is 1. The van der Waals surface area contributed by atoms with Crippen LogP contribution in [0.15, 0.2) is 47.4 Å². The SMILES string of the molecule is COC(=O)C(CSCc1ccccc1)NS(=O)(=O)c1cc(Cl)cc(Cl)c1O. The van der Waals surface area contributed by atoms with Gasteiger partial charge in [0.25, 0.3) is 0 Å². The monoisotopic (exact) mass is 449 g/mol. The molecule has 6 nitrogen and oxygen atoms in total. The van der Waals surface area contributed by atoms with Crippen LogP contribution in [0.2, 0.25) is 10.0 Å². The minimum Gasteiger partial charge on any atom is -0.505 e. The lowest BCUT2D eigenvalue weighted by atomic mass is 10.2. The molecule has 0 heterocycles. The third-order valence-electron chi connectivity index (χ3n) is 3.46. The number of thioether (sulfide) groups is 1. The van der Waals surface area contributed by atoms with Gasteiger partial charge in [-0.15, -0.1) is 0 Å². The number of aromatic hydroxyl groups is 1. The van der Waals surface area contributed by atoms with Crippen LogP contribution in [0.5, 0.6) is 5.75 Å². The molecule has 2 rings (SSSR count). The van der Waals surface area contributed by atoms with Crippen molar-refractivity contribution in [3.05, 3.63) is 58.1 Å². The van der Waals surface area contributed by atoms with Gasteiger partial charge in [-0.05, 0) is 17.7 Å². The molecule has 10 heteroatoms. The molecule has 2 aromatic rings. The fourth-order valence-corrected chi connectivity index (χ4v) is 5.21. The maximum absolute atomic E-state index is 12.6. The number of ether oxygens (including phenoxy) is 1. The van der Waals surface area contributed by atoms with Crippen LogP contribution in [-0.4, -0.2) is 38.4 Å². The maximum Gasteiger partial charge on any atom is 0.324 e. The zero-order valence-electron chi connectivity index (χ0n) is 14.2. The van der Waals surface area contributed by atoms with Crippen LogP contribution >= 0.6 is 35.0 Å². The summed E-state index contributed by atoms with van der Waals surface area (Å²) in [6.45, 7) is 0. The van der Waals surface area contributed by atoms with Crippen molar-refractivity contribution in [1.82, 2.24) is 4.72 Å². The van der Waals surface area contributed by atoms with E-state index in [0.29, 0.717) is 5.75 Å². The summed E-state index contributed by atoms with van der Waals surface area (Å²) in [7, 11) is -3.10. The molecule has 2 N–H and O–H groups in total. The molecule has 146 valence electrons. The molecule has 27 heavy (non-hydrogen) atoms. The minimum absolute atomic E-state index is 0.0336. The van der Waals surface area contributed by atoms with Crippen molar-refractivity contribution in [2.75, 3.05) is 12.9 Å². The molecule has 0 bridgehead atoms. The Kier molecular flexibility index (Phi) is 7.81. The molecule has 0 radical (unpaired) electrons. The summed E-state index contributed by atoms with van der Waals surface area (Å²) in [5.41, 5.74) is 1.04.